The fraction of sp³-hybridized carbons (Fsp3) is 0.200. The number of benzene rings is 3. The number of ether oxygens (including phenoxy) is 1. The highest BCUT2D eigenvalue weighted by atomic mass is 32.1. The quantitative estimate of drug-likeness (QED) is 0.413. The number of hydrogen-bond acceptors (Lipinski definition) is 3. The number of nitrogens with zero attached hydrogens (tertiary/aromatic N) is 1. The van der Waals surface area contributed by atoms with Crippen molar-refractivity contribution < 1.29 is 4.74 Å². The standard InChI is InChI=1S/C25H25N3OS/c1-18-22(27-28-25(30)26-21-15-9-4-10-16-21)17-23(19-11-5-2-6-12-19)29-24(18)20-13-7-3-8-14-20/h2-16,18,23-24H,17H2,1H3,(H2,26,28,30)/b27-22-. The summed E-state index contributed by atoms with van der Waals surface area (Å²) in [6.45, 7) is 2.16. The molecule has 0 saturated carbocycles. The van der Waals surface area contributed by atoms with Crippen LogP contribution in [0.4, 0.5) is 5.69 Å². The highest BCUT2D eigenvalue weighted by Crippen LogP contribution is 2.40. The Morgan fingerprint density at radius 1 is 0.867 bits per heavy atom. The van der Waals surface area contributed by atoms with E-state index >= 15 is 0 Å². The minimum Gasteiger partial charge on any atom is -0.365 e. The third-order valence-electron chi connectivity index (χ3n) is 5.32. The summed E-state index contributed by atoms with van der Waals surface area (Å²) in [6.07, 6.45) is 0.598. The Hall–Kier alpha value is -3.02. The third kappa shape index (κ3) is 4.93. The van der Waals surface area contributed by atoms with E-state index in [0.717, 1.165) is 28.9 Å². The van der Waals surface area contributed by atoms with Crippen molar-refractivity contribution in [3.63, 3.8) is 0 Å². The van der Waals surface area contributed by atoms with E-state index < -0.39 is 0 Å². The van der Waals surface area contributed by atoms with E-state index in [9.17, 15) is 0 Å². The van der Waals surface area contributed by atoms with E-state index in [1.807, 2.05) is 66.7 Å². The average Bonchev–Trinajstić information content (AvgIpc) is 2.80. The Balaban J connectivity index is 1.55. The summed E-state index contributed by atoms with van der Waals surface area (Å²) in [4.78, 5) is 0. The van der Waals surface area contributed by atoms with Crippen LogP contribution in [0.25, 0.3) is 0 Å². The smallest absolute Gasteiger partial charge is 0.191 e. The Morgan fingerprint density at radius 2 is 1.43 bits per heavy atom. The summed E-state index contributed by atoms with van der Waals surface area (Å²) >= 11 is 5.43. The van der Waals surface area contributed by atoms with E-state index in [-0.39, 0.29) is 18.1 Å². The van der Waals surface area contributed by atoms with E-state index in [1.54, 1.807) is 0 Å². The van der Waals surface area contributed by atoms with Crippen LogP contribution >= 0.6 is 12.2 Å². The Kier molecular flexibility index (Phi) is 6.52. The molecule has 1 aliphatic heterocycles. The number of hydrazone groups is 1. The van der Waals surface area contributed by atoms with E-state index in [1.165, 1.54) is 0 Å². The molecule has 3 aromatic rings. The Labute approximate surface area is 183 Å². The summed E-state index contributed by atoms with van der Waals surface area (Å²) in [5.74, 6) is 0.124. The molecular weight excluding hydrogens is 390 g/mol. The highest BCUT2D eigenvalue weighted by Gasteiger charge is 2.35. The van der Waals surface area contributed by atoms with Gasteiger partial charge in [-0.1, -0.05) is 85.8 Å². The SMILES string of the molecule is CC1/C(=N\NC(=S)Nc2ccccc2)CC(c2ccccc2)OC1c1ccccc1. The zero-order chi connectivity index (χ0) is 20.8. The van der Waals surface area contributed by atoms with Crippen molar-refractivity contribution in [1.82, 2.24) is 5.43 Å². The van der Waals surface area contributed by atoms with E-state index in [0.29, 0.717) is 5.11 Å². The predicted octanol–water partition coefficient (Wildman–Crippen LogP) is 5.87. The maximum atomic E-state index is 6.55. The highest BCUT2D eigenvalue weighted by molar-refractivity contribution is 7.80. The zero-order valence-corrected chi connectivity index (χ0v) is 17.7. The molecule has 3 atom stereocenters. The number of rotatable bonds is 4. The molecule has 0 aliphatic carbocycles. The van der Waals surface area contributed by atoms with Crippen LogP contribution in [0.3, 0.4) is 0 Å². The molecule has 5 heteroatoms. The second-order valence-corrected chi connectivity index (χ2v) is 7.80. The Morgan fingerprint density at radius 3 is 2.07 bits per heavy atom. The third-order valence-corrected chi connectivity index (χ3v) is 5.51. The molecule has 3 unspecified atom stereocenters. The van der Waals surface area contributed by atoms with E-state index in [4.69, 9.17) is 22.1 Å². The molecule has 1 aliphatic rings. The average molecular weight is 416 g/mol. The van der Waals surface area contributed by atoms with Crippen molar-refractivity contribution in [3.8, 4) is 0 Å². The Bertz CT molecular complexity index is 993. The van der Waals surface area contributed by atoms with Gasteiger partial charge in [-0.25, -0.2) is 0 Å². The van der Waals surface area contributed by atoms with Gasteiger partial charge in [-0.15, -0.1) is 0 Å². The zero-order valence-electron chi connectivity index (χ0n) is 16.9. The maximum absolute atomic E-state index is 6.55. The molecule has 3 aromatic carbocycles. The molecule has 0 bridgehead atoms. The van der Waals surface area contributed by atoms with Gasteiger partial charge in [0.2, 0.25) is 0 Å². The fourth-order valence-corrected chi connectivity index (χ4v) is 3.88. The van der Waals surface area contributed by atoms with Gasteiger partial charge in [0.05, 0.1) is 12.2 Å². The normalized spacial score (nSPS) is 22.4. The fourth-order valence-electron chi connectivity index (χ4n) is 3.72. The van der Waals surface area contributed by atoms with Crippen LogP contribution in [0.2, 0.25) is 0 Å². The molecule has 1 fully saturated rings. The molecule has 4 nitrogen and oxygen atoms in total. The second-order valence-electron chi connectivity index (χ2n) is 7.39. The van der Waals surface area contributed by atoms with Crippen LogP contribution in [-0.4, -0.2) is 10.8 Å². The first-order chi connectivity index (χ1) is 14.7. The summed E-state index contributed by atoms with van der Waals surface area (Å²) in [7, 11) is 0. The van der Waals surface area contributed by atoms with Gasteiger partial charge in [0.25, 0.3) is 0 Å². The molecule has 4 rings (SSSR count). The van der Waals surface area contributed by atoms with Crippen LogP contribution in [0.5, 0.6) is 0 Å². The van der Waals surface area contributed by atoms with Crippen LogP contribution in [0.15, 0.2) is 96.1 Å². The lowest BCUT2D eigenvalue weighted by Gasteiger charge is -2.36. The maximum Gasteiger partial charge on any atom is 0.191 e. The first kappa shape index (κ1) is 20.3. The molecule has 0 amide bonds. The second kappa shape index (κ2) is 9.65. The lowest BCUT2D eigenvalue weighted by Crippen LogP contribution is -2.34. The molecule has 0 radical (unpaired) electrons. The first-order valence-electron chi connectivity index (χ1n) is 10.1. The van der Waals surface area contributed by atoms with Crippen LogP contribution in [0, 0.1) is 5.92 Å². The van der Waals surface area contributed by atoms with Crippen molar-refractivity contribution in [2.45, 2.75) is 25.6 Å². The van der Waals surface area contributed by atoms with Gasteiger partial charge in [-0.2, -0.15) is 5.10 Å². The first-order valence-corrected chi connectivity index (χ1v) is 10.6. The summed E-state index contributed by atoms with van der Waals surface area (Å²) in [5.41, 5.74) is 7.31. The van der Waals surface area contributed by atoms with Crippen LogP contribution < -0.4 is 10.7 Å². The molecule has 0 spiro atoms. The number of thiocarbonyl (C=S) groups is 1. The van der Waals surface area contributed by atoms with Crippen molar-refractivity contribution >= 4 is 28.7 Å². The van der Waals surface area contributed by atoms with Crippen LogP contribution in [0.1, 0.15) is 36.7 Å². The monoisotopic (exact) mass is 415 g/mol. The molecule has 152 valence electrons. The van der Waals surface area contributed by atoms with Gasteiger partial charge in [-0.05, 0) is 35.5 Å². The number of hydrogen-bond donors (Lipinski definition) is 2. The molecule has 2 N–H and O–H groups in total. The van der Waals surface area contributed by atoms with Crippen LogP contribution in [-0.2, 0) is 4.74 Å². The van der Waals surface area contributed by atoms with Gasteiger partial charge >= 0.3 is 0 Å². The topological polar surface area (TPSA) is 45.7 Å². The molecule has 0 aromatic heterocycles. The predicted molar refractivity (Wildman–Crippen MR) is 126 cm³/mol. The number of anilines is 1. The van der Waals surface area contributed by atoms with Gasteiger partial charge in [0.15, 0.2) is 5.11 Å². The van der Waals surface area contributed by atoms with Gasteiger partial charge in [-0.3, -0.25) is 5.43 Å². The minimum absolute atomic E-state index is 0.0520. The van der Waals surface area contributed by atoms with Crippen molar-refractivity contribution in [3.05, 3.63) is 102 Å². The summed E-state index contributed by atoms with van der Waals surface area (Å²) in [5, 5.41) is 8.33. The van der Waals surface area contributed by atoms with Gasteiger partial charge < -0.3 is 10.1 Å². The summed E-state index contributed by atoms with van der Waals surface area (Å²) in [6, 6.07) is 30.5. The van der Waals surface area contributed by atoms with Crippen molar-refractivity contribution in [1.29, 1.82) is 0 Å². The van der Waals surface area contributed by atoms with Gasteiger partial charge in [0, 0.05) is 23.7 Å². The number of nitrogens with one attached hydrogen (secondary N) is 2. The van der Waals surface area contributed by atoms with Gasteiger partial charge in [0.1, 0.15) is 0 Å². The largest absolute Gasteiger partial charge is 0.365 e. The lowest BCUT2D eigenvalue weighted by atomic mass is 9.85. The molecular formula is C25H25N3OS. The molecule has 1 saturated heterocycles. The summed E-state index contributed by atoms with van der Waals surface area (Å²) < 4.78 is 6.55. The molecule has 30 heavy (non-hydrogen) atoms. The molecule has 1 heterocycles. The van der Waals surface area contributed by atoms with E-state index in [2.05, 4.69) is 41.9 Å². The minimum atomic E-state index is -0.0682. The lowest BCUT2D eigenvalue weighted by molar-refractivity contribution is -0.0428. The van der Waals surface area contributed by atoms with Crippen molar-refractivity contribution in [2.24, 2.45) is 11.0 Å². The van der Waals surface area contributed by atoms with Crippen molar-refractivity contribution in [2.75, 3.05) is 5.32 Å². The number of para-hydroxylation sites is 1.